The summed E-state index contributed by atoms with van der Waals surface area (Å²) >= 11 is 0. The molecule has 1 aliphatic heterocycles. The Kier molecular flexibility index (Phi) is 9.45. The van der Waals surface area contributed by atoms with Crippen LogP contribution in [0.15, 0.2) is 18.2 Å². The van der Waals surface area contributed by atoms with Crippen molar-refractivity contribution in [3.8, 4) is 0 Å². The lowest BCUT2D eigenvalue weighted by Gasteiger charge is -2.38. The number of hydrogen-bond donors (Lipinski definition) is 0. The molecule has 29 heavy (non-hydrogen) atoms. The van der Waals surface area contributed by atoms with Gasteiger partial charge in [-0.1, -0.05) is 77.3 Å². The van der Waals surface area contributed by atoms with Gasteiger partial charge in [-0.05, 0) is 49.1 Å². The fourth-order valence-corrected chi connectivity index (χ4v) is 5.10. The molecule has 1 saturated heterocycles. The van der Waals surface area contributed by atoms with Crippen LogP contribution in [-0.4, -0.2) is 13.2 Å². The van der Waals surface area contributed by atoms with Gasteiger partial charge in [0.15, 0.2) is 6.29 Å². The quantitative estimate of drug-likeness (QED) is 0.374. The number of ether oxygens (including phenoxy) is 2. The van der Waals surface area contributed by atoms with Crippen molar-refractivity contribution in [3.05, 3.63) is 35.1 Å². The Hall–Kier alpha value is -0.930. The Balaban J connectivity index is 1.42. The number of aryl methyl sites for hydroxylation is 1. The lowest BCUT2D eigenvalue weighted by molar-refractivity contribution is -0.215. The molecule has 164 valence electrons. The first-order chi connectivity index (χ1) is 14.2. The lowest BCUT2D eigenvalue weighted by atomic mass is 9.74. The van der Waals surface area contributed by atoms with Gasteiger partial charge in [0.05, 0.1) is 13.2 Å². The highest BCUT2D eigenvalue weighted by atomic mass is 19.1. The van der Waals surface area contributed by atoms with Crippen LogP contribution in [0.1, 0.15) is 102 Å². The first kappa shape index (κ1) is 22.7. The van der Waals surface area contributed by atoms with E-state index in [4.69, 9.17) is 9.47 Å². The molecule has 1 aliphatic carbocycles. The smallest absolute Gasteiger partial charge is 0.186 e. The van der Waals surface area contributed by atoms with Crippen LogP contribution in [-0.2, 0) is 15.9 Å². The second-order valence-corrected chi connectivity index (χ2v) is 9.35. The van der Waals surface area contributed by atoms with Gasteiger partial charge in [-0.3, -0.25) is 0 Å². The van der Waals surface area contributed by atoms with E-state index in [1.165, 1.54) is 64.2 Å². The van der Waals surface area contributed by atoms with E-state index in [1.807, 2.05) is 12.1 Å². The van der Waals surface area contributed by atoms with E-state index in [0.29, 0.717) is 30.6 Å². The molecular formula is C26H41FO2. The van der Waals surface area contributed by atoms with E-state index < -0.39 is 6.29 Å². The van der Waals surface area contributed by atoms with Gasteiger partial charge in [0.2, 0.25) is 0 Å². The molecule has 1 saturated carbocycles. The number of unbranched alkanes of at least 4 members (excludes halogenated alkanes) is 4. The SMILES string of the molecule is CCCCCc1ccc([C@H]2OC[C@H](C3CCC(CCCCC)CC3)CO2)c(F)c1. The van der Waals surface area contributed by atoms with E-state index in [-0.39, 0.29) is 5.82 Å². The maximum atomic E-state index is 14.6. The third-order valence-corrected chi connectivity index (χ3v) is 7.09. The summed E-state index contributed by atoms with van der Waals surface area (Å²) < 4.78 is 26.6. The standard InChI is InChI=1S/C26H41FO2/c1-3-5-7-9-20-11-14-22(15-12-20)23-18-28-26(29-19-23)24-16-13-21(17-25(24)27)10-8-6-4-2/h13,16-17,20,22-23,26H,3-12,14-15,18-19H2,1-2H3/t20?,22?,23-,26-. The molecule has 2 fully saturated rings. The van der Waals surface area contributed by atoms with Crippen LogP contribution in [0.5, 0.6) is 0 Å². The van der Waals surface area contributed by atoms with Crippen molar-refractivity contribution >= 4 is 0 Å². The van der Waals surface area contributed by atoms with Crippen LogP contribution in [0.25, 0.3) is 0 Å². The highest BCUT2D eigenvalue weighted by Gasteiger charge is 2.33. The zero-order valence-corrected chi connectivity index (χ0v) is 18.6. The van der Waals surface area contributed by atoms with Crippen molar-refractivity contribution in [2.75, 3.05) is 13.2 Å². The van der Waals surface area contributed by atoms with Gasteiger partial charge in [0.1, 0.15) is 5.82 Å². The molecule has 0 radical (unpaired) electrons. The Morgan fingerprint density at radius 3 is 2.21 bits per heavy atom. The summed E-state index contributed by atoms with van der Waals surface area (Å²) in [6.07, 6.45) is 14.7. The summed E-state index contributed by atoms with van der Waals surface area (Å²) in [4.78, 5) is 0. The van der Waals surface area contributed by atoms with E-state index in [2.05, 4.69) is 13.8 Å². The van der Waals surface area contributed by atoms with Crippen molar-refractivity contribution in [3.63, 3.8) is 0 Å². The Morgan fingerprint density at radius 1 is 0.862 bits per heavy atom. The lowest BCUT2D eigenvalue weighted by Crippen LogP contribution is -2.34. The van der Waals surface area contributed by atoms with Crippen molar-refractivity contribution in [1.82, 2.24) is 0 Å². The maximum absolute atomic E-state index is 14.6. The highest BCUT2D eigenvalue weighted by Crippen LogP contribution is 2.39. The predicted octanol–water partition coefficient (Wildman–Crippen LogP) is 7.61. The molecule has 1 aromatic carbocycles. The third kappa shape index (κ3) is 6.79. The molecule has 0 amide bonds. The zero-order chi connectivity index (χ0) is 20.5. The molecule has 0 atom stereocenters. The molecule has 0 spiro atoms. The van der Waals surface area contributed by atoms with Gasteiger partial charge in [-0.15, -0.1) is 0 Å². The number of hydrogen-bond acceptors (Lipinski definition) is 2. The second kappa shape index (κ2) is 12.1. The third-order valence-electron chi connectivity index (χ3n) is 7.09. The first-order valence-corrected chi connectivity index (χ1v) is 12.2. The van der Waals surface area contributed by atoms with Crippen LogP contribution in [0.2, 0.25) is 0 Å². The Labute approximate surface area is 177 Å². The minimum Gasteiger partial charge on any atom is -0.348 e. The van der Waals surface area contributed by atoms with Crippen molar-refractivity contribution < 1.29 is 13.9 Å². The molecule has 3 rings (SSSR count). The Morgan fingerprint density at radius 2 is 1.55 bits per heavy atom. The fourth-order valence-electron chi connectivity index (χ4n) is 5.10. The molecule has 0 N–H and O–H groups in total. The summed E-state index contributed by atoms with van der Waals surface area (Å²) in [5, 5.41) is 0. The number of rotatable bonds is 10. The van der Waals surface area contributed by atoms with E-state index in [9.17, 15) is 4.39 Å². The van der Waals surface area contributed by atoms with Crippen LogP contribution in [0.4, 0.5) is 4.39 Å². The van der Waals surface area contributed by atoms with E-state index in [1.54, 1.807) is 6.07 Å². The van der Waals surface area contributed by atoms with Crippen molar-refractivity contribution in [1.29, 1.82) is 0 Å². The summed E-state index contributed by atoms with van der Waals surface area (Å²) in [6, 6.07) is 5.57. The van der Waals surface area contributed by atoms with Crippen LogP contribution in [0, 0.1) is 23.6 Å². The van der Waals surface area contributed by atoms with Gasteiger partial charge in [0.25, 0.3) is 0 Å². The zero-order valence-electron chi connectivity index (χ0n) is 18.6. The molecule has 3 heteroatoms. The van der Waals surface area contributed by atoms with Crippen LogP contribution >= 0.6 is 0 Å². The van der Waals surface area contributed by atoms with Gasteiger partial charge < -0.3 is 9.47 Å². The molecule has 0 unspecified atom stereocenters. The van der Waals surface area contributed by atoms with Crippen LogP contribution in [0.3, 0.4) is 0 Å². The molecule has 2 aliphatic rings. The number of benzene rings is 1. The molecule has 0 aromatic heterocycles. The van der Waals surface area contributed by atoms with E-state index >= 15 is 0 Å². The molecular weight excluding hydrogens is 363 g/mol. The van der Waals surface area contributed by atoms with Crippen molar-refractivity contribution in [2.45, 2.75) is 97.2 Å². The fraction of sp³-hybridized carbons (Fsp3) is 0.769. The summed E-state index contributed by atoms with van der Waals surface area (Å²) in [6.45, 7) is 5.87. The second-order valence-electron chi connectivity index (χ2n) is 9.35. The molecule has 0 bridgehead atoms. The largest absolute Gasteiger partial charge is 0.348 e. The Bertz CT molecular complexity index is 586. The topological polar surface area (TPSA) is 18.5 Å². The van der Waals surface area contributed by atoms with Crippen LogP contribution < -0.4 is 0 Å². The maximum Gasteiger partial charge on any atom is 0.186 e. The average Bonchev–Trinajstić information content (AvgIpc) is 2.75. The monoisotopic (exact) mass is 404 g/mol. The van der Waals surface area contributed by atoms with E-state index in [0.717, 1.165) is 24.3 Å². The molecule has 2 nitrogen and oxygen atoms in total. The van der Waals surface area contributed by atoms with Crippen molar-refractivity contribution in [2.24, 2.45) is 17.8 Å². The van der Waals surface area contributed by atoms with Gasteiger partial charge in [-0.2, -0.15) is 0 Å². The first-order valence-electron chi connectivity index (χ1n) is 12.2. The van der Waals surface area contributed by atoms with Gasteiger partial charge in [0, 0.05) is 11.5 Å². The average molecular weight is 405 g/mol. The minimum atomic E-state index is -0.540. The molecule has 1 heterocycles. The molecule has 1 aromatic rings. The highest BCUT2D eigenvalue weighted by molar-refractivity contribution is 5.25. The summed E-state index contributed by atoms with van der Waals surface area (Å²) in [5.41, 5.74) is 1.63. The minimum absolute atomic E-state index is 0.185. The predicted molar refractivity (Wildman–Crippen MR) is 117 cm³/mol. The normalized spacial score (nSPS) is 27.8. The number of halogens is 1. The summed E-state index contributed by atoms with van der Waals surface area (Å²) in [7, 11) is 0. The van der Waals surface area contributed by atoms with Gasteiger partial charge in [-0.25, -0.2) is 4.39 Å². The van der Waals surface area contributed by atoms with Gasteiger partial charge >= 0.3 is 0 Å². The summed E-state index contributed by atoms with van der Waals surface area (Å²) in [5.74, 6) is 1.93.